The van der Waals surface area contributed by atoms with Gasteiger partial charge in [-0.15, -0.1) is 0 Å². The Bertz CT molecular complexity index is 814. The smallest absolute Gasteiger partial charge is 0.417 e. The van der Waals surface area contributed by atoms with Gasteiger partial charge in [-0.05, 0) is 37.1 Å². The molecule has 1 fully saturated rings. The number of rotatable bonds is 6. The lowest BCUT2D eigenvalue weighted by molar-refractivity contribution is -0.137. The number of carbonyl (C=O) groups is 2. The summed E-state index contributed by atoms with van der Waals surface area (Å²) in [6, 6.07) is 5.46. The lowest BCUT2D eigenvalue weighted by Gasteiger charge is -2.30. The number of hydrogen-bond acceptors (Lipinski definition) is 5. The Hall–Kier alpha value is -3.04. The number of anilines is 1. The average molecular weight is 410 g/mol. The van der Waals surface area contributed by atoms with Crippen molar-refractivity contribution in [2.24, 2.45) is 5.92 Å². The summed E-state index contributed by atoms with van der Waals surface area (Å²) in [5.41, 5.74) is -0.812. The molecule has 1 saturated heterocycles. The van der Waals surface area contributed by atoms with Crippen LogP contribution in [0.3, 0.4) is 0 Å². The molecule has 0 atom stereocenters. The Morgan fingerprint density at radius 1 is 1.17 bits per heavy atom. The second-order valence-corrected chi connectivity index (χ2v) is 6.69. The standard InChI is InChI=1S/C19H21F3N4O3/c20-19(21,22)14-3-4-16(25-12-14)23-7-8-24-17(27)13-5-9-26(10-6-13)18(28)15-2-1-11-29-15/h1-4,11-13H,5-10H2,(H,23,25)(H,24,27). The third-order valence-corrected chi connectivity index (χ3v) is 4.71. The van der Waals surface area contributed by atoms with Gasteiger partial charge in [0, 0.05) is 38.3 Å². The molecule has 2 amide bonds. The van der Waals surface area contributed by atoms with Crippen LogP contribution in [0.25, 0.3) is 0 Å². The maximum atomic E-state index is 12.5. The SMILES string of the molecule is O=C(NCCNc1ccc(C(F)(F)F)cn1)C1CCN(C(=O)c2ccco2)CC1. The number of alkyl halides is 3. The number of hydrogen-bond donors (Lipinski definition) is 2. The van der Waals surface area contributed by atoms with Crippen molar-refractivity contribution < 1.29 is 27.2 Å². The van der Waals surface area contributed by atoms with Gasteiger partial charge in [-0.25, -0.2) is 4.98 Å². The van der Waals surface area contributed by atoms with Crippen LogP contribution in [0.5, 0.6) is 0 Å². The van der Waals surface area contributed by atoms with Gasteiger partial charge in [0.2, 0.25) is 5.91 Å². The Kier molecular flexibility index (Phi) is 6.40. The van der Waals surface area contributed by atoms with Crippen molar-refractivity contribution in [2.45, 2.75) is 19.0 Å². The van der Waals surface area contributed by atoms with Gasteiger partial charge in [0.05, 0.1) is 11.8 Å². The highest BCUT2D eigenvalue weighted by atomic mass is 19.4. The maximum absolute atomic E-state index is 12.5. The molecule has 2 N–H and O–H groups in total. The van der Waals surface area contributed by atoms with Gasteiger partial charge in [-0.2, -0.15) is 13.2 Å². The van der Waals surface area contributed by atoms with E-state index in [1.54, 1.807) is 17.0 Å². The van der Waals surface area contributed by atoms with Crippen LogP contribution in [0.2, 0.25) is 0 Å². The molecule has 0 aliphatic carbocycles. The summed E-state index contributed by atoms with van der Waals surface area (Å²) in [4.78, 5) is 29.9. The number of likely N-dealkylation sites (tertiary alicyclic amines) is 1. The monoisotopic (exact) mass is 410 g/mol. The molecule has 0 bridgehead atoms. The quantitative estimate of drug-likeness (QED) is 0.715. The number of aromatic nitrogens is 1. The van der Waals surface area contributed by atoms with E-state index in [9.17, 15) is 22.8 Å². The molecule has 0 spiro atoms. The van der Waals surface area contributed by atoms with Gasteiger partial charge in [0.15, 0.2) is 5.76 Å². The molecule has 7 nitrogen and oxygen atoms in total. The highest BCUT2D eigenvalue weighted by Gasteiger charge is 2.31. The fourth-order valence-corrected chi connectivity index (χ4v) is 3.09. The minimum atomic E-state index is -4.42. The van der Waals surface area contributed by atoms with E-state index in [-0.39, 0.29) is 23.5 Å². The molecule has 0 aromatic carbocycles. The normalized spacial score (nSPS) is 15.2. The predicted octanol–water partition coefficient (Wildman–Crippen LogP) is 2.77. The van der Waals surface area contributed by atoms with Crippen molar-refractivity contribution in [3.63, 3.8) is 0 Å². The van der Waals surface area contributed by atoms with Gasteiger partial charge in [0.25, 0.3) is 5.91 Å². The summed E-state index contributed by atoms with van der Waals surface area (Å²) in [5, 5.41) is 5.66. The van der Waals surface area contributed by atoms with Gasteiger partial charge < -0.3 is 20.0 Å². The molecule has 0 unspecified atom stereocenters. The van der Waals surface area contributed by atoms with Crippen LogP contribution in [0.1, 0.15) is 29.0 Å². The molecular formula is C19H21F3N4O3. The van der Waals surface area contributed by atoms with E-state index in [1.165, 1.54) is 12.3 Å². The third kappa shape index (κ3) is 5.49. The van der Waals surface area contributed by atoms with Gasteiger partial charge in [-0.1, -0.05) is 0 Å². The summed E-state index contributed by atoms with van der Waals surface area (Å²) in [7, 11) is 0. The molecule has 1 aliphatic heterocycles. The zero-order chi connectivity index (χ0) is 20.9. The van der Waals surface area contributed by atoms with Crippen LogP contribution in [0.4, 0.5) is 19.0 Å². The first kappa shape index (κ1) is 20.7. The Balaban J connectivity index is 1.36. The maximum Gasteiger partial charge on any atom is 0.417 e. The van der Waals surface area contributed by atoms with Gasteiger partial charge >= 0.3 is 6.18 Å². The van der Waals surface area contributed by atoms with Crippen LogP contribution < -0.4 is 10.6 Å². The molecule has 2 aromatic rings. The van der Waals surface area contributed by atoms with Crippen molar-refractivity contribution in [2.75, 3.05) is 31.5 Å². The molecule has 1 aliphatic rings. The van der Waals surface area contributed by atoms with Crippen molar-refractivity contribution in [1.82, 2.24) is 15.2 Å². The number of piperidine rings is 1. The zero-order valence-corrected chi connectivity index (χ0v) is 15.5. The van der Waals surface area contributed by atoms with E-state index in [0.717, 1.165) is 12.3 Å². The predicted molar refractivity (Wildman–Crippen MR) is 98.1 cm³/mol. The number of carbonyl (C=O) groups excluding carboxylic acids is 2. The van der Waals surface area contributed by atoms with E-state index in [1.807, 2.05) is 0 Å². The van der Waals surface area contributed by atoms with E-state index in [0.29, 0.717) is 44.8 Å². The van der Waals surface area contributed by atoms with Crippen molar-refractivity contribution in [3.8, 4) is 0 Å². The third-order valence-electron chi connectivity index (χ3n) is 4.71. The first-order valence-electron chi connectivity index (χ1n) is 9.22. The molecule has 0 radical (unpaired) electrons. The molecule has 156 valence electrons. The first-order chi connectivity index (χ1) is 13.8. The van der Waals surface area contributed by atoms with E-state index < -0.39 is 11.7 Å². The van der Waals surface area contributed by atoms with Gasteiger partial charge in [-0.3, -0.25) is 9.59 Å². The van der Waals surface area contributed by atoms with E-state index in [4.69, 9.17) is 4.42 Å². The topological polar surface area (TPSA) is 87.5 Å². The summed E-state index contributed by atoms with van der Waals surface area (Å²) in [6.07, 6.45) is -1.09. The van der Waals surface area contributed by atoms with Crippen LogP contribution in [-0.2, 0) is 11.0 Å². The Morgan fingerprint density at radius 2 is 1.93 bits per heavy atom. The van der Waals surface area contributed by atoms with Crippen molar-refractivity contribution >= 4 is 17.6 Å². The molecular weight excluding hydrogens is 389 g/mol. The van der Waals surface area contributed by atoms with E-state index in [2.05, 4.69) is 15.6 Å². The number of halogens is 3. The second kappa shape index (κ2) is 8.97. The number of amides is 2. The minimum absolute atomic E-state index is 0.0997. The molecule has 29 heavy (non-hydrogen) atoms. The Labute approximate surface area is 165 Å². The Morgan fingerprint density at radius 3 is 2.52 bits per heavy atom. The highest BCUT2D eigenvalue weighted by molar-refractivity contribution is 5.91. The molecule has 10 heteroatoms. The van der Waals surface area contributed by atoms with Crippen LogP contribution >= 0.6 is 0 Å². The number of pyridine rings is 1. The second-order valence-electron chi connectivity index (χ2n) is 6.69. The fourth-order valence-electron chi connectivity index (χ4n) is 3.09. The summed E-state index contributed by atoms with van der Waals surface area (Å²) in [5.74, 6) is 0.132. The average Bonchev–Trinajstić information content (AvgIpc) is 3.25. The first-order valence-corrected chi connectivity index (χ1v) is 9.22. The van der Waals surface area contributed by atoms with Crippen LogP contribution in [0.15, 0.2) is 41.1 Å². The van der Waals surface area contributed by atoms with Crippen LogP contribution in [0, 0.1) is 5.92 Å². The molecule has 3 rings (SSSR count). The lowest BCUT2D eigenvalue weighted by Crippen LogP contribution is -2.43. The highest BCUT2D eigenvalue weighted by Crippen LogP contribution is 2.28. The van der Waals surface area contributed by atoms with Crippen LogP contribution in [-0.4, -0.2) is 47.9 Å². The van der Waals surface area contributed by atoms with Crippen molar-refractivity contribution in [3.05, 3.63) is 48.0 Å². The summed E-state index contributed by atoms with van der Waals surface area (Å²) < 4.78 is 42.6. The molecule has 3 heterocycles. The number of furan rings is 1. The van der Waals surface area contributed by atoms with E-state index >= 15 is 0 Å². The molecule has 2 aromatic heterocycles. The number of nitrogens with one attached hydrogen (secondary N) is 2. The van der Waals surface area contributed by atoms with Gasteiger partial charge in [0.1, 0.15) is 5.82 Å². The largest absolute Gasteiger partial charge is 0.459 e. The zero-order valence-electron chi connectivity index (χ0n) is 15.5. The molecule has 0 saturated carbocycles. The summed E-state index contributed by atoms with van der Waals surface area (Å²) >= 11 is 0. The lowest BCUT2D eigenvalue weighted by atomic mass is 9.95. The van der Waals surface area contributed by atoms with Crippen molar-refractivity contribution in [1.29, 1.82) is 0 Å². The number of nitrogens with zero attached hydrogens (tertiary/aromatic N) is 2. The fraction of sp³-hybridized carbons (Fsp3) is 0.421. The summed E-state index contributed by atoms with van der Waals surface area (Å²) in [6.45, 7) is 1.60. The minimum Gasteiger partial charge on any atom is -0.459 e.